The van der Waals surface area contributed by atoms with Crippen molar-refractivity contribution in [2.24, 2.45) is 0 Å². The van der Waals surface area contributed by atoms with E-state index in [1.54, 1.807) is 30.3 Å². The van der Waals surface area contributed by atoms with E-state index in [-0.39, 0.29) is 43.8 Å². The fraction of sp³-hybridized carbons (Fsp3) is 0.355. The zero-order valence-corrected chi connectivity index (χ0v) is 26.1. The number of nitrogens with zero attached hydrogens (tertiary/aromatic N) is 2. The van der Waals surface area contributed by atoms with Gasteiger partial charge in [0.15, 0.2) is 0 Å². The van der Waals surface area contributed by atoms with Gasteiger partial charge in [0.25, 0.3) is 0 Å². The van der Waals surface area contributed by atoms with Crippen molar-refractivity contribution >= 4 is 50.7 Å². The highest BCUT2D eigenvalue weighted by atomic mass is 35.5. The van der Waals surface area contributed by atoms with Gasteiger partial charge in [-0.25, -0.2) is 8.42 Å². The summed E-state index contributed by atoms with van der Waals surface area (Å²) < 4.78 is 26.5. The first-order valence-corrected chi connectivity index (χ1v) is 16.1. The van der Waals surface area contributed by atoms with Gasteiger partial charge in [0, 0.05) is 42.0 Å². The van der Waals surface area contributed by atoms with Crippen LogP contribution in [0.4, 0.5) is 5.69 Å². The molecule has 0 aliphatic rings. The molecule has 1 atom stereocenters. The van der Waals surface area contributed by atoms with Crippen LogP contribution in [0.1, 0.15) is 43.4 Å². The van der Waals surface area contributed by atoms with Crippen molar-refractivity contribution in [1.82, 2.24) is 10.2 Å². The first kappa shape index (κ1) is 32.4. The number of rotatable bonds is 13. The molecule has 7 nitrogen and oxygen atoms in total. The Kier molecular flexibility index (Phi) is 11.6. The maximum absolute atomic E-state index is 13.9. The molecule has 41 heavy (non-hydrogen) atoms. The quantitative estimate of drug-likeness (QED) is 0.254. The number of hydrogen-bond acceptors (Lipinski definition) is 4. The lowest BCUT2D eigenvalue weighted by Crippen LogP contribution is -2.51. The van der Waals surface area contributed by atoms with E-state index in [1.165, 1.54) is 9.21 Å². The van der Waals surface area contributed by atoms with Gasteiger partial charge in [0.1, 0.15) is 6.04 Å². The molecule has 0 spiro atoms. The number of benzene rings is 3. The molecule has 0 fully saturated rings. The molecule has 0 aromatic heterocycles. The maximum atomic E-state index is 13.9. The van der Waals surface area contributed by atoms with E-state index in [0.29, 0.717) is 27.7 Å². The van der Waals surface area contributed by atoms with Crippen molar-refractivity contribution in [3.8, 4) is 0 Å². The van der Waals surface area contributed by atoms with Gasteiger partial charge < -0.3 is 10.2 Å². The highest BCUT2D eigenvalue weighted by molar-refractivity contribution is 7.92. The van der Waals surface area contributed by atoms with Gasteiger partial charge >= 0.3 is 0 Å². The molecule has 3 rings (SSSR count). The van der Waals surface area contributed by atoms with Crippen LogP contribution in [0, 0.1) is 6.92 Å². The normalized spacial score (nSPS) is 12.2. The summed E-state index contributed by atoms with van der Waals surface area (Å²) in [5.74, 6) is -0.562. The summed E-state index contributed by atoms with van der Waals surface area (Å²) >= 11 is 12.6. The first-order valence-electron chi connectivity index (χ1n) is 13.5. The average molecular weight is 619 g/mol. The highest BCUT2D eigenvalue weighted by Gasteiger charge is 2.31. The van der Waals surface area contributed by atoms with Gasteiger partial charge in [-0.3, -0.25) is 13.9 Å². The molecular weight excluding hydrogens is 581 g/mol. The van der Waals surface area contributed by atoms with Gasteiger partial charge in [-0.15, -0.1) is 0 Å². The molecule has 3 aromatic rings. The van der Waals surface area contributed by atoms with Crippen LogP contribution < -0.4 is 9.62 Å². The van der Waals surface area contributed by atoms with E-state index in [9.17, 15) is 18.0 Å². The average Bonchev–Trinajstić information content (AvgIpc) is 2.90. The Morgan fingerprint density at radius 3 is 2.20 bits per heavy atom. The van der Waals surface area contributed by atoms with E-state index in [1.807, 2.05) is 63.2 Å². The van der Waals surface area contributed by atoms with Crippen molar-refractivity contribution in [1.29, 1.82) is 0 Å². The Morgan fingerprint density at radius 2 is 1.61 bits per heavy atom. The molecule has 0 saturated heterocycles. The SMILES string of the molecule is Cc1ccc(N(CCCC(=O)N(Cc2ccc(Cl)cc2Cl)C(Cc2ccccc2)C(=O)NC(C)C)S(C)(=O)=O)cc1. The fourth-order valence-corrected chi connectivity index (χ4v) is 5.92. The van der Waals surface area contributed by atoms with Crippen LogP contribution in [0.15, 0.2) is 72.8 Å². The van der Waals surface area contributed by atoms with Gasteiger partial charge in [0.2, 0.25) is 21.8 Å². The van der Waals surface area contributed by atoms with Crippen molar-refractivity contribution in [3.05, 3.63) is 99.5 Å². The highest BCUT2D eigenvalue weighted by Crippen LogP contribution is 2.25. The van der Waals surface area contributed by atoms with Crippen LogP contribution in [-0.2, 0) is 32.6 Å². The summed E-state index contributed by atoms with van der Waals surface area (Å²) in [7, 11) is -3.58. The van der Waals surface area contributed by atoms with Crippen molar-refractivity contribution < 1.29 is 18.0 Å². The third-order valence-corrected chi connectivity index (χ3v) is 8.31. The summed E-state index contributed by atoms with van der Waals surface area (Å²) in [5.41, 5.74) is 3.10. The van der Waals surface area contributed by atoms with E-state index in [2.05, 4.69) is 5.32 Å². The number of amides is 2. The second kappa shape index (κ2) is 14.7. The standard InChI is InChI=1S/C31H37Cl2N3O4S/c1-22(2)34-31(38)29(19-24-9-6-5-7-10-24)35(21-25-14-15-26(32)20-28(25)33)30(37)11-8-18-36(41(4,39)40)27-16-12-23(3)13-17-27/h5-7,9-10,12-17,20,22,29H,8,11,18-19,21H2,1-4H3,(H,34,38). The minimum absolute atomic E-state index is 0.0311. The summed E-state index contributed by atoms with van der Waals surface area (Å²) in [6.07, 6.45) is 1.74. The number of nitrogens with one attached hydrogen (secondary N) is 1. The predicted octanol–water partition coefficient (Wildman–Crippen LogP) is 6.01. The van der Waals surface area contributed by atoms with E-state index >= 15 is 0 Å². The second-order valence-corrected chi connectivity index (χ2v) is 13.2. The van der Waals surface area contributed by atoms with Crippen molar-refractivity contribution in [2.75, 3.05) is 17.1 Å². The topological polar surface area (TPSA) is 86.8 Å². The summed E-state index contributed by atoms with van der Waals surface area (Å²) in [6.45, 7) is 5.86. The van der Waals surface area contributed by atoms with Gasteiger partial charge in [-0.2, -0.15) is 0 Å². The van der Waals surface area contributed by atoms with Crippen LogP contribution in [0.5, 0.6) is 0 Å². The Hall–Kier alpha value is -3.07. The number of hydrogen-bond donors (Lipinski definition) is 1. The monoisotopic (exact) mass is 617 g/mol. The van der Waals surface area contributed by atoms with Crippen LogP contribution in [0.2, 0.25) is 10.0 Å². The summed E-state index contributed by atoms with van der Waals surface area (Å²) in [5, 5.41) is 3.81. The first-order chi connectivity index (χ1) is 19.3. The van der Waals surface area contributed by atoms with Crippen molar-refractivity contribution in [2.45, 2.75) is 58.7 Å². The molecule has 0 saturated carbocycles. The number of carbonyl (C=O) groups excluding carboxylic acids is 2. The molecule has 0 aliphatic heterocycles. The van der Waals surface area contributed by atoms with E-state index in [0.717, 1.165) is 17.4 Å². The van der Waals surface area contributed by atoms with Gasteiger partial charge in [0.05, 0.1) is 11.9 Å². The lowest BCUT2D eigenvalue weighted by molar-refractivity contribution is -0.141. The lowest BCUT2D eigenvalue weighted by Gasteiger charge is -2.32. The molecule has 1 unspecified atom stereocenters. The molecule has 220 valence electrons. The number of anilines is 1. The number of halogens is 2. The number of carbonyl (C=O) groups is 2. The predicted molar refractivity (Wildman–Crippen MR) is 167 cm³/mol. The van der Waals surface area contributed by atoms with Crippen LogP contribution in [0.3, 0.4) is 0 Å². The molecule has 0 heterocycles. The molecule has 3 aromatic carbocycles. The van der Waals surface area contributed by atoms with Gasteiger partial charge in [-0.1, -0.05) is 77.3 Å². The second-order valence-electron chi connectivity index (χ2n) is 10.4. The largest absolute Gasteiger partial charge is 0.352 e. The zero-order chi connectivity index (χ0) is 30.2. The molecule has 0 radical (unpaired) electrons. The van der Waals surface area contributed by atoms with Crippen LogP contribution in [-0.4, -0.2) is 50.0 Å². The smallest absolute Gasteiger partial charge is 0.243 e. The Bertz CT molecular complexity index is 1430. The third-order valence-electron chi connectivity index (χ3n) is 6.53. The van der Waals surface area contributed by atoms with E-state index < -0.39 is 16.1 Å². The lowest BCUT2D eigenvalue weighted by atomic mass is 10.0. The van der Waals surface area contributed by atoms with Gasteiger partial charge in [-0.05, 0) is 62.6 Å². The van der Waals surface area contributed by atoms with Crippen molar-refractivity contribution in [3.63, 3.8) is 0 Å². The Labute approximate surface area is 253 Å². The Balaban J connectivity index is 1.90. The fourth-order valence-electron chi connectivity index (χ4n) is 4.48. The molecule has 1 N–H and O–H groups in total. The summed E-state index contributed by atoms with van der Waals surface area (Å²) in [6, 6.07) is 20.8. The minimum atomic E-state index is -3.58. The summed E-state index contributed by atoms with van der Waals surface area (Å²) in [4.78, 5) is 28.9. The molecule has 0 aliphatic carbocycles. The minimum Gasteiger partial charge on any atom is -0.352 e. The van der Waals surface area contributed by atoms with Crippen LogP contribution >= 0.6 is 23.2 Å². The van der Waals surface area contributed by atoms with Crippen LogP contribution in [0.25, 0.3) is 0 Å². The maximum Gasteiger partial charge on any atom is 0.243 e. The van der Waals surface area contributed by atoms with E-state index in [4.69, 9.17) is 23.2 Å². The zero-order valence-electron chi connectivity index (χ0n) is 23.8. The number of aryl methyl sites for hydroxylation is 1. The molecule has 0 bridgehead atoms. The molecular formula is C31H37Cl2N3O4S. The third kappa shape index (κ3) is 9.76. The molecule has 10 heteroatoms. The molecule has 2 amide bonds. The number of sulfonamides is 1. The Morgan fingerprint density at radius 1 is 0.951 bits per heavy atom.